The molecule has 0 radical (unpaired) electrons. The van der Waals surface area contributed by atoms with Gasteiger partial charge < -0.3 is 15.1 Å². The average molecular weight is 262 g/mol. The van der Waals surface area contributed by atoms with Crippen molar-refractivity contribution < 1.29 is 0 Å². The maximum absolute atomic E-state index is 4.33. The first-order valence-corrected chi connectivity index (χ1v) is 7.28. The monoisotopic (exact) mass is 262 g/mol. The van der Waals surface area contributed by atoms with Gasteiger partial charge in [-0.1, -0.05) is 0 Å². The van der Waals surface area contributed by atoms with Crippen LogP contribution in [-0.2, 0) is 0 Å². The van der Waals surface area contributed by atoms with Gasteiger partial charge in [0.15, 0.2) is 0 Å². The van der Waals surface area contributed by atoms with E-state index in [2.05, 4.69) is 53.3 Å². The Bertz CT molecular complexity index is 383. The SMILES string of the molecule is CCNc1cc(N2CCC(CN(C)C)CC2)ccn1. The third kappa shape index (κ3) is 4.10. The Morgan fingerprint density at radius 2 is 2.11 bits per heavy atom. The van der Waals surface area contributed by atoms with Gasteiger partial charge in [0.25, 0.3) is 0 Å². The largest absolute Gasteiger partial charge is 0.371 e. The highest BCUT2D eigenvalue weighted by Gasteiger charge is 2.20. The normalized spacial score (nSPS) is 16.9. The summed E-state index contributed by atoms with van der Waals surface area (Å²) in [6.07, 6.45) is 4.48. The minimum absolute atomic E-state index is 0.848. The minimum atomic E-state index is 0.848. The van der Waals surface area contributed by atoms with Gasteiger partial charge in [-0.2, -0.15) is 0 Å². The first-order chi connectivity index (χ1) is 9.19. The molecule has 0 spiro atoms. The molecule has 2 rings (SSSR count). The molecule has 0 bridgehead atoms. The number of anilines is 2. The molecule has 1 aromatic rings. The van der Waals surface area contributed by atoms with Crippen molar-refractivity contribution in [1.82, 2.24) is 9.88 Å². The van der Waals surface area contributed by atoms with Crippen LogP contribution in [0.3, 0.4) is 0 Å². The molecule has 0 aromatic carbocycles. The van der Waals surface area contributed by atoms with Gasteiger partial charge in [-0.15, -0.1) is 0 Å². The molecule has 1 N–H and O–H groups in total. The third-order valence-electron chi connectivity index (χ3n) is 3.70. The zero-order chi connectivity index (χ0) is 13.7. The number of hydrogen-bond acceptors (Lipinski definition) is 4. The zero-order valence-corrected chi connectivity index (χ0v) is 12.4. The van der Waals surface area contributed by atoms with E-state index in [1.54, 1.807) is 0 Å². The van der Waals surface area contributed by atoms with Crippen molar-refractivity contribution in [2.75, 3.05) is 50.5 Å². The van der Waals surface area contributed by atoms with E-state index in [9.17, 15) is 0 Å². The van der Waals surface area contributed by atoms with E-state index in [4.69, 9.17) is 0 Å². The van der Waals surface area contributed by atoms with Gasteiger partial charge in [-0.25, -0.2) is 4.98 Å². The summed E-state index contributed by atoms with van der Waals surface area (Å²) in [4.78, 5) is 9.12. The molecule has 106 valence electrons. The fourth-order valence-electron chi connectivity index (χ4n) is 2.78. The van der Waals surface area contributed by atoms with Gasteiger partial charge in [0.1, 0.15) is 5.82 Å². The lowest BCUT2D eigenvalue weighted by atomic mass is 9.96. The van der Waals surface area contributed by atoms with E-state index in [0.717, 1.165) is 31.4 Å². The van der Waals surface area contributed by atoms with Crippen LogP contribution in [-0.4, -0.2) is 50.2 Å². The highest BCUT2D eigenvalue weighted by Crippen LogP contribution is 2.24. The molecule has 0 unspecified atom stereocenters. The van der Waals surface area contributed by atoms with E-state index >= 15 is 0 Å². The zero-order valence-electron chi connectivity index (χ0n) is 12.4. The highest BCUT2D eigenvalue weighted by atomic mass is 15.1. The molecular formula is C15H26N4. The number of nitrogens with one attached hydrogen (secondary N) is 1. The Morgan fingerprint density at radius 3 is 2.74 bits per heavy atom. The molecule has 2 heterocycles. The third-order valence-corrected chi connectivity index (χ3v) is 3.70. The summed E-state index contributed by atoms with van der Waals surface area (Å²) in [7, 11) is 4.33. The van der Waals surface area contributed by atoms with Crippen LogP contribution in [0.2, 0.25) is 0 Å². The molecule has 1 aliphatic heterocycles. The van der Waals surface area contributed by atoms with Crippen LogP contribution in [0.15, 0.2) is 18.3 Å². The fraction of sp³-hybridized carbons (Fsp3) is 0.667. The number of piperidine rings is 1. The summed E-state index contributed by atoms with van der Waals surface area (Å²) in [5.41, 5.74) is 1.30. The van der Waals surface area contributed by atoms with E-state index < -0.39 is 0 Å². The maximum atomic E-state index is 4.33. The summed E-state index contributed by atoms with van der Waals surface area (Å²) < 4.78 is 0. The first-order valence-electron chi connectivity index (χ1n) is 7.28. The molecule has 0 aliphatic carbocycles. The van der Waals surface area contributed by atoms with Gasteiger partial charge >= 0.3 is 0 Å². The van der Waals surface area contributed by atoms with E-state index in [-0.39, 0.29) is 0 Å². The van der Waals surface area contributed by atoms with Crippen molar-refractivity contribution >= 4 is 11.5 Å². The molecule has 0 amide bonds. The Labute approximate surface area is 116 Å². The van der Waals surface area contributed by atoms with Crippen molar-refractivity contribution in [3.8, 4) is 0 Å². The Kier molecular flexibility index (Phi) is 5.02. The van der Waals surface area contributed by atoms with Gasteiger partial charge in [0.2, 0.25) is 0 Å². The predicted octanol–water partition coefficient (Wildman–Crippen LogP) is 2.29. The summed E-state index contributed by atoms with van der Waals surface area (Å²) >= 11 is 0. The lowest BCUT2D eigenvalue weighted by molar-refractivity contribution is 0.285. The summed E-state index contributed by atoms with van der Waals surface area (Å²) in [5.74, 6) is 1.83. The average Bonchev–Trinajstić information content (AvgIpc) is 2.40. The van der Waals surface area contributed by atoms with Crippen molar-refractivity contribution in [1.29, 1.82) is 0 Å². The molecular weight excluding hydrogens is 236 g/mol. The van der Waals surface area contributed by atoms with Crippen LogP contribution in [0, 0.1) is 5.92 Å². The first kappa shape index (κ1) is 14.1. The summed E-state index contributed by atoms with van der Waals surface area (Å²) in [6, 6.07) is 4.28. The molecule has 4 heteroatoms. The molecule has 4 nitrogen and oxygen atoms in total. The van der Waals surface area contributed by atoms with Crippen LogP contribution < -0.4 is 10.2 Å². The standard InChI is InChI=1S/C15H26N4/c1-4-16-15-11-14(5-8-17-15)19-9-6-13(7-10-19)12-18(2)3/h5,8,11,13H,4,6-7,9-10,12H2,1-3H3,(H,16,17). The Morgan fingerprint density at radius 1 is 1.37 bits per heavy atom. The van der Waals surface area contributed by atoms with E-state index in [1.165, 1.54) is 25.1 Å². The van der Waals surface area contributed by atoms with Gasteiger partial charge in [-0.3, -0.25) is 0 Å². The lowest BCUT2D eigenvalue weighted by Crippen LogP contribution is -2.37. The molecule has 0 saturated carbocycles. The van der Waals surface area contributed by atoms with Crippen molar-refractivity contribution in [3.05, 3.63) is 18.3 Å². The molecule has 1 fully saturated rings. The van der Waals surface area contributed by atoms with Crippen molar-refractivity contribution in [3.63, 3.8) is 0 Å². The minimum Gasteiger partial charge on any atom is -0.371 e. The smallest absolute Gasteiger partial charge is 0.127 e. The number of pyridine rings is 1. The maximum Gasteiger partial charge on any atom is 0.127 e. The van der Waals surface area contributed by atoms with E-state index in [1.807, 2.05) is 6.20 Å². The predicted molar refractivity (Wildman–Crippen MR) is 81.9 cm³/mol. The van der Waals surface area contributed by atoms with Gasteiger partial charge in [0.05, 0.1) is 0 Å². The number of nitrogens with zero attached hydrogens (tertiary/aromatic N) is 3. The summed E-state index contributed by atoms with van der Waals surface area (Å²) in [5, 5.41) is 3.28. The summed E-state index contributed by atoms with van der Waals surface area (Å²) in [6.45, 7) is 6.55. The molecule has 1 aromatic heterocycles. The fourth-order valence-corrected chi connectivity index (χ4v) is 2.78. The number of aromatic nitrogens is 1. The van der Waals surface area contributed by atoms with Crippen LogP contribution in [0.1, 0.15) is 19.8 Å². The second-order valence-electron chi connectivity index (χ2n) is 5.62. The molecule has 1 aliphatic rings. The van der Waals surface area contributed by atoms with Crippen LogP contribution in [0.25, 0.3) is 0 Å². The van der Waals surface area contributed by atoms with Crippen molar-refractivity contribution in [2.45, 2.75) is 19.8 Å². The van der Waals surface area contributed by atoms with E-state index in [0.29, 0.717) is 0 Å². The Balaban J connectivity index is 1.92. The topological polar surface area (TPSA) is 31.4 Å². The molecule has 1 saturated heterocycles. The molecule has 0 atom stereocenters. The number of hydrogen-bond donors (Lipinski definition) is 1. The highest BCUT2D eigenvalue weighted by molar-refractivity contribution is 5.54. The molecule has 19 heavy (non-hydrogen) atoms. The van der Waals surface area contributed by atoms with Crippen LogP contribution >= 0.6 is 0 Å². The van der Waals surface area contributed by atoms with Gasteiger partial charge in [0, 0.05) is 44.1 Å². The number of rotatable bonds is 5. The van der Waals surface area contributed by atoms with Crippen LogP contribution in [0.5, 0.6) is 0 Å². The quantitative estimate of drug-likeness (QED) is 0.882. The van der Waals surface area contributed by atoms with Gasteiger partial charge in [-0.05, 0) is 45.8 Å². The second-order valence-corrected chi connectivity index (χ2v) is 5.62. The van der Waals surface area contributed by atoms with Crippen LogP contribution in [0.4, 0.5) is 11.5 Å². The van der Waals surface area contributed by atoms with Crippen molar-refractivity contribution in [2.24, 2.45) is 5.92 Å². The second kappa shape index (κ2) is 6.75. The lowest BCUT2D eigenvalue weighted by Gasteiger charge is -2.34. The Hall–Kier alpha value is -1.29.